The van der Waals surface area contributed by atoms with Gasteiger partial charge in [0.05, 0.1) is 13.7 Å². The highest BCUT2D eigenvalue weighted by atomic mass is 32.2. The number of amides is 1. The summed E-state index contributed by atoms with van der Waals surface area (Å²) in [6.07, 6.45) is 0. The van der Waals surface area contributed by atoms with E-state index >= 15 is 0 Å². The third kappa shape index (κ3) is 5.78. The number of methoxy groups -OCH3 is 1. The number of benzene rings is 3. The molecule has 0 bridgehead atoms. The number of aryl methyl sites for hydroxylation is 1. The Balaban J connectivity index is 1.71. The molecule has 0 aromatic heterocycles. The minimum absolute atomic E-state index is 0.154. The van der Waals surface area contributed by atoms with Crippen molar-refractivity contribution < 1.29 is 14.3 Å². The Kier molecular flexibility index (Phi) is 7.19. The largest absolute Gasteiger partial charge is 0.496 e. The van der Waals surface area contributed by atoms with E-state index in [4.69, 9.17) is 9.47 Å². The van der Waals surface area contributed by atoms with E-state index in [1.165, 1.54) is 10.5 Å². The monoisotopic (exact) mass is 407 g/mol. The van der Waals surface area contributed by atoms with Crippen molar-refractivity contribution in [1.29, 1.82) is 0 Å². The van der Waals surface area contributed by atoms with Gasteiger partial charge in [0.2, 0.25) is 0 Å². The number of ether oxygens (including phenoxy) is 2. The normalized spacial score (nSPS) is 10.4. The Labute approximate surface area is 176 Å². The quantitative estimate of drug-likeness (QED) is 0.469. The molecule has 0 fully saturated rings. The van der Waals surface area contributed by atoms with Crippen LogP contribution in [0.15, 0.2) is 71.6 Å². The van der Waals surface area contributed by atoms with Gasteiger partial charge < -0.3 is 14.8 Å². The fourth-order valence-electron chi connectivity index (χ4n) is 2.83. The van der Waals surface area contributed by atoms with E-state index in [2.05, 4.69) is 36.5 Å². The lowest BCUT2D eigenvalue weighted by Gasteiger charge is -2.12. The van der Waals surface area contributed by atoms with Crippen LogP contribution in [0.2, 0.25) is 0 Å². The zero-order valence-electron chi connectivity index (χ0n) is 16.9. The van der Waals surface area contributed by atoms with Crippen molar-refractivity contribution in [2.24, 2.45) is 0 Å². The van der Waals surface area contributed by atoms with Crippen LogP contribution in [0, 0.1) is 6.92 Å². The summed E-state index contributed by atoms with van der Waals surface area (Å²) >= 11 is 1.72. The van der Waals surface area contributed by atoms with Crippen LogP contribution in [0.3, 0.4) is 0 Å². The molecule has 1 amide bonds. The maximum absolute atomic E-state index is 12.7. The average molecular weight is 408 g/mol. The molecule has 3 rings (SSSR count). The number of carbonyl (C=O) groups excluding carboxylic acids is 1. The van der Waals surface area contributed by atoms with Crippen LogP contribution in [-0.4, -0.2) is 19.6 Å². The first-order chi connectivity index (χ1) is 14.1. The van der Waals surface area contributed by atoms with Gasteiger partial charge in [-0.15, -0.1) is 11.8 Å². The van der Waals surface area contributed by atoms with Gasteiger partial charge in [-0.25, -0.2) is 0 Å². The highest BCUT2D eigenvalue weighted by molar-refractivity contribution is 7.98. The van der Waals surface area contributed by atoms with E-state index in [9.17, 15) is 4.79 Å². The summed E-state index contributed by atoms with van der Waals surface area (Å²) in [5, 5.41) is 2.93. The maximum atomic E-state index is 12.7. The van der Waals surface area contributed by atoms with E-state index in [1.54, 1.807) is 24.9 Å². The number of rotatable bonds is 8. The number of hydrogen-bond acceptors (Lipinski definition) is 4. The standard InChI is InChI=1S/C24H25NO3S/c1-4-28-21-10-8-20(9-11-21)25-24(26)18-7-14-23(27-3)19(15-18)16-29-22-12-5-17(2)6-13-22/h5-15H,4,16H2,1-3H3,(H,25,26). The van der Waals surface area contributed by atoms with Gasteiger partial charge in [0.25, 0.3) is 5.91 Å². The summed E-state index contributed by atoms with van der Waals surface area (Å²) in [5.74, 6) is 2.13. The molecule has 5 heteroatoms. The Hall–Kier alpha value is -2.92. The molecule has 0 aliphatic rings. The summed E-state index contributed by atoms with van der Waals surface area (Å²) in [7, 11) is 1.65. The van der Waals surface area contributed by atoms with Crippen molar-refractivity contribution >= 4 is 23.4 Å². The highest BCUT2D eigenvalue weighted by Crippen LogP contribution is 2.29. The fraction of sp³-hybridized carbons (Fsp3) is 0.208. The molecule has 150 valence electrons. The molecular weight excluding hydrogens is 382 g/mol. The van der Waals surface area contributed by atoms with Crippen molar-refractivity contribution in [3.05, 3.63) is 83.4 Å². The van der Waals surface area contributed by atoms with Crippen LogP contribution in [0.1, 0.15) is 28.4 Å². The summed E-state index contributed by atoms with van der Waals surface area (Å²) in [6, 6.07) is 21.3. The highest BCUT2D eigenvalue weighted by Gasteiger charge is 2.11. The van der Waals surface area contributed by atoms with Gasteiger partial charge >= 0.3 is 0 Å². The lowest BCUT2D eigenvalue weighted by atomic mass is 10.1. The van der Waals surface area contributed by atoms with Crippen molar-refractivity contribution in [1.82, 2.24) is 0 Å². The third-order valence-electron chi connectivity index (χ3n) is 4.38. The van der Waals surface area contributed by atoms with Crippen molar-refractivity contribution in [3.8, 4) is 11.5 Å². The molecule has 1 N–H and O–H groups in total. The molecular formula is C24H25NO3S. The third-order valence-corrected chi connectivity index (χ3v) is 5.44. The van der Waals surface area contributed by atoms with Gasteiger partial charge in [-0.1, -0.05) is 17.7 Å². The molecule has 3 aromatic carbocycles. The summed E-state index contributed by atoms with van der Waals surface area (Å²) in [6.45, 7) is 4.62. The summed E-state index contributed by atoms with van der Waals surface area (Å²) < 4.78 is 10.9. The topological polar surface area (TPSA) is 47.6 Å². The second kappa shape index (κ2) is 10.0. The SMILES string of the molecule is CCOc1ccc(NC(=O)c2ccc(OC)c(CSc3ccc(C)cc3)c2)cc1. The van der Waals surface area contributed by atoms with Crippen LogP contribution in [0.5, 0.6) is 11.5 Å². The van der Waals surface area contributed by atoms with Crippen molar-refractivity contribution in [3.63, 3.8) is 0 Å². The van der Waals surface area contributed by atoms with Crippen LogP contribution in [0.25, 0.3) is 0 Å². The minimum atomic E-state index is -0.154. The number of carbonyl (C=O) groups is 1. The number of anilines is 1. The zero-order valence-corrected chi connectivity index (χ0v) is 17.7. The molecule has 4 nitrogen and oxygen atoms in total. The van der Waals surface area contributed by atoms with Crippen molar-refractivity contribution in [2.45, 2.75) is 24.5 Å². The van der Waals surface area contributed by atoms with Crippen LogP contribution < -0.4 is 14.8 Å². The molecule has 29 heavy (non-hydrogen) atoms. The van der Waals surface area contributed by atoms with E-state index in [0.717, 1.165) is 28.5 Å². The first-order valence-corrected chi connectivity index (χ1v) is 10.5. The molecule has 0 aliphatic carbocycles. The predicted molar refractivity (Wildman–Crippen MR) is 119 cm³/mol. The first-order valence-electron chi connectivity index (χ1n) is 9.49. The van der Waals surface area contributed by atoms with Gasteiger partial charge in [-0.3, -0.25) is 4.79 Å². The Bertz CT molecular complexity index is 953. The predicted octanol–water partition coefficient (Wildman–Crippen LogP) is 5.95. The molecule has 0 radical (unpaired) electrons. The number of nitrogens with one attached hydrogen (secondary N) is 1. The lowest BCUT2D eigenvalue weighted by molar-refractivity contribution is 0.102. The first kappa shape index (κ1) is 20.8. The van der Waals surface area contributed by atoms with Crippen molar-refractivity contribution in [2.75, 3.05) is 19.0 Å². The summed E-state index contributed by atoms with van der Waals surface area (Å²) in [4.78, 5) is 13.9. The maximum Gasteiger partial charge on any atom is 0.255 e. The van der Waals surface area contributed by atoms with Crippen LogP contribution in [0.4, 0.5) is 5.69 Å². The smallest absolute Gasteiger partial charge is 0.255 e. The van der Waals surface area contributed by atoms with E-state index in [1.807, 2.05) is 43.3 Å². The molecule has 0 atom stereocenters. The molecule has 3 aromatic rings. The molecule has 0 saturated heterocycles. The van der Waals surface area contributed by atoms with Gasteiger partial charge in [0, 0.05) is 27.5 Å². The lowest BCUT2D eigenvalue weighted by Crippen LogP contribution is -2.12. The van der Waals surface area contributed by atoms with Crippen LogP contribution in [-0.2, 0) is 5.75 Å². The Morgan fingerprint density at radius 2 is 1.72 bits per heavy atom. The van der Waals surface area contributed by atoms with E-state index < -0.39 is 0 Å². The minimum Gasteiger partial charge on any atom is -0.496 e. The molecule has 0 spiro atoms. The average Bonchev–Trinajstić information content (AvgIpc) is 2.74. The van der Waals surface area contributed by atoms with Gasteiger partial charge in [-0.05, 0) is 68.4 Å². The zero-order chi connectivity index (χ0) is 20.6. The van der Waals surface area contributed by atoms with Gasteiger partial charge in [-0.2, -0.15) is 0 Å². The van der Waals surface area contributed by atoms with E-state index in [0.29, 0.717) is 12.2 Å². The molecule has 0 heterocycles. The van der Waals surface area contributed by atoms with Gasteiger partial charge in [0.15, 0.2) is 0 Å². The number of thioether (sulfide) groups is 1. The Morgan fingerprint density at radius 1 is 1.00 bits per heavy atom. The fourth-order valence-corrected chi connectivity index (χ4v) is 3.71. The van der Waals surface area contributed by atoms with Gasteiger partial charge in [0.1, 0.15) is 11.5 Å². The number of hydrogen-bond donors (Lipinski definition) is 1. The molecule has 0 aliphatic heterocycles. The van der Waals surface area contributed by atoms with Crippen LogP contribution >= 0.6 is 11.8 Å². The second-order valence-electron chi connectivity index (χ2n) is 6.54. The second-order valence-corrected chi connectivity index (χ2v) is 7.59. The summed E-state index contributed by atoms with van der Waals surface area (Å²) in [5.41, 5.74) is 3.54. The Morgan fingerprint density at radius 3 is 2.38 bits per heavy atom. The molecule has 0 unspecified atom stereocenters. The molecule has 0 saturated carbocycles. The van der Waals surface area contributed by atoms with E-state index in [-0.39, 0.29) is 5.91 Å².